The van der Waals surface area contributed by atoms with E-state index >= 15 is 0 Å². The van der Waals surface area contributed by atoms with Gasteiger partial charge in [0.2, 0.25) is 0 Å². The summed E-state index contributed by atoms with van der Waals surface area (Å²) in [5.41, 5.74) is 28.6. The molecule has 16 atom stereocenters. The summed E-state index contributed by atoms with van der Waals surface area (Å²) in [5, 5.41) is 73.3. The quantitative estimate of drug-likeness (QED) is 0.0686. The minimum atomic E-state index is -1.62. The summed E-state index contributed by atoms with van der Waals surface area (Å²) in [5.74, 6) is -1.69. The van der Waals surface area contributed by atoms with Gasteiger partial charge in [-0.2, -0.15) is 0 Å². The number of hydrogen-bond donors (Lipinski definition) is 12. The van der Waals surface area contributed by atoms with Crippen molar-refractivity contribution in [2.75, 3.05) is 13.1 Å². The van der Waals surface area contributed by atoms with Crippen LogP contribution in [0.5, 0.6) is 0 Å². The van der Waals surface area contributed by atoms with Crippen molar-refractivity contribution in [2.24, 2.45) is 39.6 Å². The number of aliphatic hydroxyl groups excluding tert-OH is 7. The lowest BCUT2D eigenvalue weighted by Crippen LogP contribution is -2.67. The molecule has 6 unspecified atom stereocenters. The van der Waals surface area contributed by atoms with Gasteiger partial charge in [0.1, 0.15) is 54.9 Å². The van der Waals surface area contributed by atoms with Gasteiger partial charge in [-0.05, 0) is 32.2 Å². The molecule has 18 heteroatoms. The number of guanidine groups is 1. The lowest BCUT2D eigenvalue weighted by Gasteiger charge is -2.48. The van der Waals surface area contributed by atoms with Gasteiger partial charge in [-0.1, -0.05) is 29.7 Å². The average molecular weight is 675 g/mol. The standard InChI is InChI=1S/C24H46N6O12.4CH4/c1-7(31)19-17(37)16(36)13(27)22(40-19)41-20-9(26)4-8(5-11(33)10(32)2-3-25)14(34)21(20)42-23-18(38)15(35)12(39-23)6-30-24(28)29;;;;/h7-10,12-23,31-32,34-38H,2-6,25-27H2,1H3,(H4,28,29,30);4*1H4/t7-,8+,9?,10?,12-,13?,14?,15+,16-,17+,18?,19?,20-,21-,22-,23+;;;;/m1..../s1. The predicted octanol–water partition coefficient (Wildman–Crippen LogP) is -4.45. The van der Waals surface area contributed by atoms with Crippen LogP contribution in [-0.4, -0.2) is 152 Å². The molecule has 1 saturated carbocycles. The maximum absolute atomic E-state index is 12.6. The lowest BCUT2D eigenvalue weighted by molar-refractivity contribution is -0.317. The lowest BCUT2D eigenvalue weighted by atomic mass is 9.76. The largest absolute Gasteiger partial charge is 0.391 e. The second-order valence-electron chi connectivity index (χ2n) is 11.2. The number of aliphatic hydroxyl groups is 7. The molecule has 2 aliphatic heterocycles. The third kappa shape index (κ3) is 10.7. The van der Waals surface area contributed by atoms with Crippen LogP contribution in [-0.2, 0) is 23.7 Å². The highest BCUT2D eigenvalue weighted by Crippen LogP contribution is 2.36. The molecule has 276 valence electrons. The van der Waals surface area contributed by atoms with Gasteiger partial charge < -0.3 is 83.4 Å². The van der Waals surface area contributed by atoms with Crippen LogP contribution in [0.4, 0.5) is 0 Å². The van der Waals surface area contributed by atoms with E-state index in [0.29, 0.717) is 0 Å². The molecule has 1 aliphatic carbocycles. The molecule has 0 amide bonds. The second kappa shape index (κ2) is 20.0. The van der Waals surface area contributed by atoms with E-state index in [-0.39, 0.29) is 68.0 Å². The number of carbonyl (C=O) groups is 1. The van der Waals surface area contributed by atoms with Crippen LogP contribution in [0.25, 0.3) is 0 Å². The highest BCUT2D eigenvalue weighted by molar-refractivity contribution is 5.83. The van der Waals surface area contributed by atoms with E-state index in [0.717, 1.165) is 0 Å². The van der Waals surface area contributed by atoms with Gasteiger partial charge in [0.05, 0.1) is 24.8 Å². The molecule has 46 heavy (non-hydrogen) atoms. The molecule has 3 aliphatic rings. The molecule has 3 fully saturated rings. The van der Waals surface area contributed by atoms with E-state index in [4.69, 9.17) is 47.6 Å². The van der Waals surface area contributed by atoms with Crippen molar-refractivity contribution in [1.29, 1.82) is 0 Å². The Balaban J connectivity index is 0. The van der Waals surface area contributed by atoms with Gasteiger partial charge in [0.15, 0.2) is 24.3 Å². The predicted molar refractivity (Wildman–Crippen MR) is 170 cm³/mol. The van der Waals surface area contributed by atoms with Crippen LogP contribution in [0.3, 0.4) is 0 Å². The van der Waals surface area contributed by atoms with Gasteiger partial charge in [-0.25, -0.2) is 0 Å². The van der Waals surface area contributed by atoms with Gasteiger partial charge in [0, 0.05) is 12.5 Å². The van der Waals surface area contributed by atoms with Crippen molar-refractivity contribution < 1.29 is 59.5 Å². The third-order valence-corrected chi connectivity index (χ3v) is 7.93. The molecule has 3 rings (SSSR count). The minimum absolute atomic E-state index is 0. The molecule has 2 saturated heterocycles. The molecule has 18 nitrogen and oxygen atoms in total. The molecule has 0 aromatic heterocycles. The Labute approximate surface area is 271 Å². The second-order valence-corrected chi connectivity index (χ2v) is 11.2. The molecule has 0 aromatic rings. The average Bonchev–Trinajstić information content (AvgIpc) is 3.19. The number of nitrogens with zero attached hydrogens (tertiary/aromatic N) is 1. The molecule has 0 radical (unpaired) electrons. The zero-order valence-corrected chi connectivity index (χ0v) is 23.3. The molecule has 2 heterocycles. The van der Waals surface area contributed by atoms with Gasteiger partial charge in [-0.3, -0.25) is 9.79 Å². The molecule has 0 aromatic carbocycles. The van der Waals surface area contributed by atoms with E-state index in [2.05, 4.69) is 4.99 Å². The number of ketones is 1. The summed E-state index contributed by atoms with van der Waals surface area (Å²) < 4.78 is 23.2. The molecular weight excluding hydrogens is 612 g/mol. The van der Waals surface area contributed by atoms with Crippen molar-refractivity contribution in [3.8, 4) is 0 Å². The monoisotopic (exact) mass is 674 g/mol. The number of aliphatic imine (C=N–C) groups is 1. The van der Waals surface area contributed by atoms with Crippen LogP contribution in [0.15, 0.2) is 4.99 Å². The van der Waals surface area contributed by atoms with E-state index in [1.807, 2.05) is 0 Å². The van der Waals surface area contributed by atoms with Crippen LogP contribution < -0.4 is 28.7 Å². The number of carbonyl (C=O) groups excluding carboxylic acids is 1. The zero-order chi connectivity index (χ0) is 31.5. The van der Waals surface area contributed by atoms with Crippen LogP contribution >= 0.6 is 0 Å². The van der Waals surface area contributed by atoms with E-state index in [9.17, 15) is 40.5 Å². The molecular formula is C28H62N6O12. The van der Waals surface area contributed by atoms with E-state index < -0.39 is 104 Å². The number of Topliss-reactive ketones (excluding diaryl/α,β-unsaturated/α-hetero) is 1. The molecule has 17 N–H and O–H groups in total. The SMILES string of the molecule is C.C.C.C.C[C@@H](O)C1O[C@H](O[C@@H]2C(N)C[C@@H](CC(=O)C(O)CCN)C(O)[C@H]2O[C@@H]2O[C@H](CN=C(N)N)[C@H](O)C2O)C(N)[C@@H](O)[C@@H]1O. The van der Waals surface area contributed by atoms with Crippen molar-refractivity contribution in [1.82, 2.24) is 0 Å². The van der Waals surface area contributed by atoms with Crippen molar-refractivity contribution in [3.05, 3.63) is 0 Å². The Morgan fingerprint density at radius 3 is 2.00 bits per heavy atom. The maximum atomic E-state index is 12.6. The number of ether oxygens (including phenoxy) is 4. The van der Waals surface area contributed by atoms with Crippen LogP contribution in [0, 0.1) is 5.92 Å². The Kier molecular flexibility index (Phi) is 20.2. The number of rotatable bonds is 12. The van der Waals surface area contributed by atoms with Gasteiger partial charge >= 0.3 is 0 Å². The summed E-state index contributed by atoms with van der Waals surface area (Å²) in [4.78, 5) is 16.4. The summed E-state index contributed by atoms with van der Waals surface area (Å²) >= 11 is 0. The maximum Gasteiger partial charge on any atom is 0.187 e. The summed E-state index contributed by atoms with van der Waals surface area (Å²) in [7, 11) is 0. The topological polar surface area (TPSA) is 338 Å². The highest BCUT2D eigenvalue weighted by Gasteiger charge is 2.53. The minimum Gasteiger partial charge on any atom is -0.391 e. The van der Waals surface area contributed by atoms with Gasteiger partial charge in [0.25, 0.3) is 0 Å². The first kappa shape index (κ1) is 46.5. The normalized spacial score (nSPS) is 40.2. The Bertz CT molecular complexity index is 918. The Hall–Kier alpha value is -1.62. The van der Waals surface area contributed by atoms with Gasteiger partial charge in [-0.15, -0.1) is 0 Å². The first-order valence-electron chi connectivity index (χ1n) is 13.9. The third-order valence-electron chi connectivity index (χ3n) is 7.93. The van der Waals surface area contributed by atoms with Crippen molar-refractivity contribution >= 4 is 11.7 Å². The fourth-order valence-corrected chi connectivity index (χ4v) is 5.50. The number of nitrogens with two attached hydrogens (primary N) is 5. The van der Waals surface area contributed by atoms with Crippen molar-refractivity contribution in [3.63, 3.8) is 0 Å². The van der Waals surface area contributed by atoms with Crippen molar-refractivity contribution in [2.45, 2.75) is 148 Å². The fraction of sp³-hybridized carbons (Fsp3) is 0.929. The van der Waals surface area contributed by atoms with E-state index in [1.165, 1.54) is 6.92 Å². The molecule has 0 bridgehead atoms. The first-order chi connectivity index (χ1) is 19.7. The summed E-state index contributed by atoms with van der Waals surface area (Å²) in [6, 6.07) is -2.28. The fourth-order valence-electron chi connectivity index (χ4n) is 5.50. The summed E-state index contributed by atoms with van der Waals surface area (Å²) in [6.45, 7) is 1.19. The first-order valence-corrected chi connectivity index (χ1v) is 13.9. The Morgan fingerprint density at radius 1 is 0.870 bits per heavy atom. The Morgan fingerprint density at radius 2 is 1.46 bits per heavy atom. The van der Waals surface area contributed by atoms with Crippen LogP contribution in [0.1, 0.15) is 55.9 Å². The van der Waals surface area contributed by atoms with Crippen LogP contribution in [0.2, 0.25) is 0 Å². The smallest absolute Gasteiger partial charge is 0.187 e. The highest BCUT2D eigenvalue weighted by atomic mass is 16.7. The molecule has 0 spiro atoms. The van der Waals surface area contributed by atoms with E-state index in [1.54, 1.807) is 0 Å². The zero-order valence-electron chi connectivity index (χ0n) is 23.3. The summed E-state index contributed by atoms with van der Waals surface area (Å²) in [6.07, 6.45) is -18.6. The number of hydrogen-bond acceptors (Lipinski definition) is 16.